The maximum Gasteiger partial charge on any atom is 0.161 e. The summed E-state index contributed by atoms with van der Waals surface area (Å²) in [6.45, 7) is 15.4. The minimum Gasteiger partial charge on any atom is -0.493 e. The highest BCUT2D eigenvalue weighted by Gasteiger charge is 2.19. The first-order valence-electron chi connectivity index (χ1n) is 9.37. The molecule has 4 nitrogen and oxygen atoms in total. The van der Waals surface area contributed by atoms with E-state index in [0.29, 0.717) is 12.6 Å². The predicted molar refractivity (Wildman–Crippen MR) is 104 cm³/mol. The van der Waals surface area contributed by atoms with Crippen LogP contribution in [0.3, 0.4) is 0 Å². The van der Waals surface area contributed by atoms with E-state index in [0.717, 1.165) is 29.5 Å². The quantitative estimate of drug-likeness (QED) is 0.689. The average Bonchev–Trinajstić information content (AvgIpc) is 2.59. The molecule has 1 fully saturated rings. The lowest BCUT2D eigenvalue weighted by molar-refractivity contribution is 0.179. The molecule has 0 spiro atoms. The van der Waals surface area contributed by atoms with Crippen molar-refractivity contribution in [1.29, 1.82) is 0 Å². The zero-order valence-electron chi connectivity index (χ0n) is 16.3. The van der Waals surface area contributed by atoms with Gasteiger partial charge < -0.3 is 19.7 Å². The highest BCUT2D eigenvalue weighted by Crippen LogP contribution is 2.28. The van der Waals surface area contributed by atoms with E-state index in [1.165, 1.54) is 38.0 Å². The summed E-state index contributed by atoms with van der Waals surface area (Å²) in [7, 11) is 1.67. The second-order valence-corrected chi connectivity index (χ2v) is 7.58. The molecule has 1 N–H and O–H groups in total. The molecule has 0 amide bonds. The van der Waals surface area contributed by atoms with Crippen molar-refractivity contribution in [2.75, 3.05) is 33.4 Å². The molecule has 0 radical (unpaired) electrons. The standard InChI is InChI=1S/C21H34N2O2/c1-16(2)14-23-10-8-19(9-11-23)22-13-18-6-7-20(24-5)21(12-18)25-15-17(3)4/h6-7,12,16,19,22H,3,8-11,13-15H2,1-2,4-5H3. The lowest BCUT2D eigenvalue weighted by Crippen LogP contribution is -2.43. The van der Waals surface area contributed by atoms with E-state index >= 15 is 0 Å². The van der Waals surface area contributed by atoms with Gasteiger partial charge in [0.05, 0.1) is 7.11 Å². The predicted octanol–water partition coefficient (Wildman–Crippen LogP) is 3.86. The Morgan fingerprint density at radius 1 is 1.28 bits per heavy atom. The third-order valence-electron chi connectivity index (χ3n) is 4.51. The van der Waals surface area contributed by atoms with Gasteiger partial charge in [-0.2, -0.15) is 0 Å². The Morgan fingerprint density at radius 3 is 2.60 bits per heavy atom. The van der Waals surface area contributed by atoms with Crippen LogP contribution in [0.2, 0.25) is 0 Å². The molecule has 4 heteroatoms. The van der Waals surface area contributed by atoms with E-state index in [9.17, 15) is 0 Å². The Labute approximate surface area is 153 Å². The van der Waals surface area contributed by atoms with Gasteiger partial charge in [-0.3, -0.25) is 0 Å². The van der Waals surface area contributed by atoms with Crippen molar-refractivity contribution in [2.24, 2.45) is 5.92 Å². The SMILES string of the molecule is C=C(C)COc1cc(CNC2CCN(CC(C)C)CC2)ccc1OC. The van der Waals surface area contributed by atoms with Crippen LogP contribution in [0.5, 0.6) is 11.5 Å². The van der Waals surface area contributed by atoms with E-state index < -0.39 is 0 Å². The first-order chi connectivity index (χ1) is 12.0. The van der Waals surface area contributed by atoms with Gasteiger partial charge in [-0.15, -0.1) is 0 Å². The molecule has 1 aromatic carbocycles. The van der Waals surface area contributed by atoms with Gasteiger partial charge >= 0.3 is 0 Å². The van der Waals surface area contributed by atoms with Gasteiger partial charge in [0.1, 0.15) is 6.61 Å². The van der Waals surface area contributed by atoms with E-state index in [1.807, 2.05) is 13.0 Å². The summed E-state index contributed by atoms with van der Waals surface area (Å²) in [5.74, 6) is 2.31. The van der Waals surface area contributed by atoms with Crippen molar-refractivity contribution >= 4 is 0 Å². The van der Waals surface area contributed by atoms with Crippen molar-refractivity contribution in [1.82, 2.24) is 10.2 Å². The van der Waals surface area contributed by atoms with Gasteiger partial charge in [0.25, 0.3) is 0 Å². The van der Waals surface area contributed by atoms with Crippen LogP contribution in [0.4, 0.5) is 0 Å². The molecule has 0 bridgehead atoms. The summed E-state index contributed by atoms with van der Waals surface area (Å²) in [6, 6.07) is 6.76. The number of nitrogens with zero attached hydrogens (tertiary/aromatic N) is 1. The minimum atomic E-state index is 0.515. The van der Waals surface area contributed by atoms with E-state index in [4.69, 9.17) is 9.47 Å². The Morgan fingerprint density at radius 2 is 2.00 bits per heavy atom. The molecule has 1 aromatic rings. The summed E-state index contributed by atoms with van der Waals surface area (Å²) in [6.07, 6.45) is 2.45. The van der Waals surface area contributed by atoms with Crippen LogP contribution in [0.1, 0.15) is 39.2 Å². The van der Waals surface area contributed by atoms with Crippen LogP contribution in [0.15, 0.2) is 30.4 Å². The van der Waals surface area contributed by atoms with Crippen LogP contribution < -0.4 is 14.8 Å². The molecule has 0 unspecified atom stereocenters. The Kier molecular flexibility index (Phi) is 7.79. The number of likely N-dealkylation sites (tertiary alicyclic amines) is 1. The topological polar surface area (TPSA) is 33.7 Å². The fourth-order valence-electron chi connectivity index (χ4n) is 3.24. The monoisotopic (exact) mass is 346 g/mol. The van der Waals surface area contributed by atoms with Crippen LogP contribution >= 0.6 is 0 Å². The van der Waals surface area contributed by atoms with Gasteiger partial charge in [0, 0.05) is 19.1 Å². The molecule has 0 aromatic heterocycles. The minimum absolute atomic E-state index is 0.515. The number of rotatable bonds is 9. The molecule has 1 aliphatic heterocycles. The molecule has 1 heterocycles. The lowest BCUT2D eigenvalue weighted by atomic mass is 10.0. The maximum atomic E-state index is 5.81. The fourth-order valence-corrected chi connectivity index (χ4v) is 3.24. The highest BCUT2D eigenvalue weighted by atomic mass is 16.5. The largest absolute Gasteiger partial charge is 0.493 e. The second kappa shape index (κ2) is 9.83. The first kappa shape index (κ1) is 19.8. The second-order valence-electron chi connectivity index (χ2n) is 7.58. The summed E-state index contributed by atoms with van der Waals surface area (Å²) < 4.78 is 11.2. The zero-order chi connectivity index (χ0) is 18.2. The summed E-state index contributed by atoms with van der Waals surface area (Å²) >= 11 is 0. The zero-order valence-corrected chi connectivity index (χ0v) is 16.3. The van der Waals surface area contributed by atoms with E-state index in [2.05, 4.69) is 42.8 Å². The summed E-state index contributed by atoms with van der Waals surface area (Å²) in [5.41, 5.74) is 2.22. The van der Waals surface area contributed by atoms with Gasteiger partial charge in [0.15, 0.2) is 11.5 Å². The number of hydrogen-bond donors (Lipinski definition) is 1. The molecule has 1 aliphatic rings. The van der Waals surface area contributed by atoms with E-state index in [1.54, 1.807) is 7.11 Å². The molecule has 140 valence electrons. The average molecular weight is 347 g/mol. The van der Waals surface area contributed by atoms with Crippen LogP contribution in [-0.2, 0) is 6.54 Å². The molecule has 25 heavy (non-hydrogen) atoms. The van der Waals surface area contributed by atoms with Gasteiger partial charge in [-0.1, -0.05) is 26.5 Å². The smallest absolute Gasteiger partial charge is 0.161 e. The third kappa shape index (κ3) is 6.71. The van der Waals surface area contributed by atoms with Crippen LogP contribution in [-0.4, -0.2) is 44.3 Å². The summed E-state index contributed by atoms with van der Waals surface area (Å²) in [4.78, 5) is 2.58. The maximum absolute atomic E-state index is 5.81. The van der Waals surface area contributed by atoms with Crippen molar-refractivity contribution < 1.29 is 9.47 Å². The number of benzene rings is 1. The van der Waals surface area contributed by atoms with E-state index in [-0.39, 0.29) is 0 Å². The Hall–Kier alpha value is -1.52. The lowest BCUT2D eigenvalue weighted by Gasteiger charge is -2.33. The Balaban J connectivity index is 1.84. The van der Waals surface area contributed by atoms with Crippen molar-refractivity contribution in [3.05, 3.63) is 35.9 Å². The number of ether oxygens (including phenoxy) is 2. The van der Waals surface area contributed by atoms with Gasteiger partial charge in [-0.05, 0) is 62.0 Å². The van der Waals surface area contributed by atoms with Crippen molar-refractivity contribution in [3.63, 3.8) is 0 Å². The molecule has 2 rings (SSSR count). The number of nitrogens with one attached hydrogen (secondary N) is 1. The molecule has 0 saturated carbocycles. The number of piperidine rings is 1. The molecule has 0 atom stereocenters. The Bertz CT molecular complexity index is 549. The number of hydrogen-bond acceptors (Lipinski definition) is 4. The first-order valence-corrected chi connectivity index (χ1v) is 9.37. The normalized spacial score (nSPS) is 16.2. The van der Waals surface area contributed by atoms with Crippen molar-refractivity contribution in [2.45, 2.75) is 46.2 Å². The van der Waals surface area contributed by atoms with Crippen LogP contribution in [0.25, 0.3) is 0 Å². The highest BCUT2D eigenvalue weighted by molar-refractivity contribution is 5.43. The van der Waals surface area contributed by atoms with Crippen LogP contribution in [0, 0.1) is 5.92 Å². The van der Waals surface area contributed by atoms with Gasteiger partial charge in [0.2, 0.25) is 0 Å². The molecule has 1 saturated heterocycles. The third-order valence-corrected chi connectivity index (χ3v) is 4.51. The van der Waals surface area contributed by atoms with Gasteiger partial charge in [-0.25, -0.2) is 0 Å². The van der Waals surface area contributed by atoms with Crippen molar-refractivity contribution in [3.8, 4) is 11.5 Å². The number of methoxy groups -OCH3 is 1. The molecular weight excluding hydrogens is 312 g/mol. The molecule has 0 aliphatic carbocycles. The summed E-state index contributed by atoms with van der Waals surface area (Å²) in [5, 5.41) is 3.70. The fraction of sp³-hybridized carbons (Fsp3) is 0.619. The molecular formula is C21H34N2O2.